The Morgan fingerprint density at radius 3 is 2.38 bits per heavy atom. The van der Waals surface area contributed by atoms with E-state index in [1.165, 1.54) is 6.92 Å². The summed E-state index contributed by atoms with van der Waals surface area (Å²) in [6, 6.07) is 0. The fourth-order valence-electron chi connectivity index (χ4n) is 0.520. The van der Waals surface area contributed by atoms with Gasteiger partial charge in [0, 0.05) is 0 Å². The van der Waals surface area contributed by atoms with Gasteiger partial charge in [-0.3, -0.25) is 4.39 Å². The van der Waals surface area contributed by atoms with E-state index in [9.17, 15) is 8.78 Å². The van der Waals surface area contributed by atoms with E-state index in [2.05, 4.69) is 0 Å². The van der Waals surface area contributed by atoms with Crippen LogP contribution in [0.15, 0.2) is 0 Å². The zero-order valence-electron chi connectivity index (χ0n) is 5.16. The lowest BCUT2D eigenvalue weighted by molar-refractivity contribution is 0.324. The zero-order chi connectivity index (χ0) is 6.41. The van der Waals surface area contributed by atoms with Crippen molar-refractivity contribution in [2.75, 3.05) is 6.67 Å². The largest absolute Gasteiger partial charge is 0.251 e. The number of hydrogen-bond acceptors (Lipinski definition) is 0. The molecule has 0 N–H and O–H groups in total. The normalized spacial score (nSPS) is 13.9. The maximum Gasteiger partial charge on any atom is 0.0973 e. The molecule has 0 bridgehead atoms. The van der Waals surface area contributed by atoms with E-state index in [0.717, 1.165) is 0 Å². The van der Waals surface area contributed by atoms with Crippen molar-refractivity contribution in [2.24, 2.45) is 0 Å². The summed E-state index contributed by atoms with van der Waals surface area (Å²) in [6.07, 6.45) is 0.924. The molecule has 0 aromatic heterocycles. The number of unbranched alkanes of at least 4 members (excludes halogenated alkanes) is 1. The fraction of sp³-hybridized carbons (Fsp3) is 1.00. The van der Waals surface area contributed by atoms with E-state index in [0.29, 0.717) is 19.3 Å². The van der Waals surface area contributed by atoms with Gasteiger partial charge in [-0.25, -0.2) is 4.39 Å². The lowest BCUT2D eigenvalue weighted by atomic mass is 10.2. The predicted octanol–water partition coefficient (Wildman–Crippen LogP) is 2.48. The second-order valence-corrected chi connectivity index (χ2v) is 1.97. The van der Waals surface area contributed by atoms with Crippen LogP contribution in [0.1, 0.15) is 26.2 Å². The lowest BCUT2D eigenvalue weighted by Gasteiger charge is -1.96. The summed E-state index contributed by atoms with van der Waals surface area (Å²) in [5.41, 5.74) is 0. The summed E-state index contributed by atoms with van der Waals surface area (Å²) >= 11 is 0. The predicted molar refractivity (Wildman–Crippen MR) is 30.4 cm³/mol. The smallest absolute Gasteiger partial charge is 0.0973 e. The van der Waals surface area contributed by atoms with Crippen molar-refractivity contribution in [3.05, 3.63) is 0 Å². The van der Waals surface area contributed by atoms with Crippen molar-refractivity contribution in [1.82, 2.24) is 0 Å². The van der Waals surface area contributed by atoms with Crippen LogP contribution in [0.5, 0.6) is 0 Å². The van der Waals surface area contributed by atoms with E-state index in [4.69, 9.17) is 0 Å². The van der Waals surface area contributed by atoms with Gasteiger partial charge in [0.15, 0.2) is 0 Å². The molecule has 50 valence electrons. The third kappa shape index (κ3) is 5.86. The summed E-state index contributed by atoms with van der Waals surface area (Å²) in [5, 5.41) is 0. The number of halogens is 2. The average molecular weight is 122 g/mol. The molecule has 0 spiro atoms. The molecule has 0 aliphatic rings. The highest BCUT2D eigenvalue weighted by Gasteiger charge is 1.95. The van der Waals surface area contributed by atoms with Gasteiger partial charge in [0.2, 0.25) is 0 Å². The molecule has 1 atom stereocenters. The molecule has 0 aliphatic heterocycles. The molecule has 0 heterocycles. The van der Waals surface area contributed by atoms with E-state index in [-0.39, 0.29) is 6.67 Å². The molecule has 0 amide bonds. The van der Waals surface area contributed by atoms with E-state index in [1.54, 1.807) is 0 Å². The Labute approximate surface area is 48.9 Å². The summed E-state index contributed by atoms with van der Waals surface area (Å²) in [4.78, 5) is 0. The summed E-state index contributed by atoms with van der Waals surface area (Å²) in [6.45, 7) is 1.19. The molecule has 0 saturated heterocycles. The number of hydrogen-bond donors (Lipinski definition) is 0. The molecule has 2 heteroatoms. The molecular weight excluding hydrogens is 110 g/mol. The van der Waals surface area contributed by atoms with Crippen LogP contribution in [-0.2, 0) is 0 Å². The molecule has 0 saturated carbocycles. The molecule has 0 radical (unpaired) electrons. The van der Waals surface area contributed by atoms with Crippen LogP contribution in [-0.4, -0.2) is 12.8 Å². The van der Waals surface area contributed by atoms with Gasteiger partial charge < -0.3 is 0 Å². The first-order valence-corrected chi connectivity index (χ1v) is 2.97. The Balaban J connectivity index is 2.72. The molecule has 0 aromatic rings. The van der Waals surface area contributed by atoms with Crippen LogP contribution in [0.4, 0.5) is 8.78 Å². The summed E-state index contributed by atoms with van der Waals surface area (Å²) in [7, 11) is 0. The first-order valence-electron chi connectivity index (χ1n) is 2.97. The van der Waals surface area contributed by atoms with Crippen LogP contribution in [0.25, 0.3) is 0 Å². The quantitative estimate of drug-likeness (QED) is 0.502. The molecule has 0 nitrogen and oxygen atoms in total. The van der Waals surface area contributed by atoms with Crippen molar-refractivity contribution in [3.8, 4) is 0 Å². The third-order valence-corrected chi connectivity index (χ3v) is 0.986. The van der Waals surface area contributed by atoms with Gasteiger partial charge in [-0.2, -0.15) is 0 Å². The van der Waals surface area contributed by atoms with E-state index >= 15 is 0 Å². The minimum Gasteiger partial charge on any atom is -0.251 e. The van der Waals surface area contributed by atoms with Crippen molar-refractivity contribution in [1.29, 1.82) is 0 Å². The highest BCUT2D eigenvalue weighted by Crippen LogP contribution is 2.02. The van der Waals surface area contributed by atoms with Gasteiger partial charge in [0.05, 0.1) is 12.8 Å². The van der Waals surface area contributed by atoms with Gasteiger partial charge in [-0.15, -0.1) is 0 Å². The molecule has 0 rings (SSSR count). The molecule has 0 aliphatic carbocycles. The summed E-state index contributed by atoms with van der Waals surface area (Å²) < 4.78 is 23.2. The second-order valence-electron chi connectivity index (χ2n) is 1.97. The number of alkyl halides is 2. The Hall–Kier alpha value is -0.140. The minimum absolute atomic E-state index is 0.313. The molecule has 0 aromatic carbocycles. The van der Waals surface area contributed by atoms with Crippen LogP contribution < -0.4 is 0 Å². The van der Waals surface area contributed by atoms with Crippen molar-refractivity contribution < 1.29 is 8.78 Å². The maximum atomic E-state index is 11.9. The van der Waals surface area contributed by atoms with Gasteiger partial charge >= 0.3 is 0 Å². The Kier molecular flexibility index (Phi) is 4.92. The van der Waals surface area contributed by atoms with Gasteiger partial charge in [-0.1, -0.05) is 0 Å². The highest BCUT2D eigenvalue weighted by molar-refractivity contribution is 4.46. The summed E-state index contributed by atoms with van der Waals surface area (Å²) in [5.74, 6) is 0. The first-order chi connectivity index (χ1) is 3.77. The van der Waals surface area contributed by atoms with Crippen molar-refractivity contribution >= 4 is 0 Å². The minimum atomic E-state index is -0.762. The Morgan fingerprint density at radius 2 is 2.00 bits per heavy atom. The van der Waals surface area contributed by atoms with Crippen molar-refractivity contribution in [3.63, 3.8) is 0 Å². The zero-order valence-corrected chi connectivity index (χ0v) is 5.16. The first kappa shape index (κ1) is 7.86. The molecule has 0 fully saturated rings. The van der Waals surface area contributed by atoms with Crippen molar-refractivity contribution in [2.45, 2.75) is 32.4 Å². The molecular formula is C6H12F2. The van der Waals surface area contributed by atoms with E-state index in [1.807, 2.05) is 0 Å². The third-order valence-electron chi connectivity index (χ3n) is 0.986. The number of rotatable bonds is 4. The standard InChI is InChI=1S/C6H12F2/c1-6(8)4-2-3-5-7/h6H,2-5H2,1H3. The lowest BCUT2D eigenvalue weighted by Crippen LogP contribution is -1.91. The second kappa shape index (κ2) is 5.01. The monoisotopic (exact) mass is 122 g/mol. The van der Waals surface area contributed by atoms with Crippen LogP contribution in [0.3, 0.4) is 0 Å². The molecule has 8 heavy (non-hydrogen) atoms. The Morgan fingerprint density at radius 1 is 1.38 bits per heavy atom. The van der Waals surface area contributed by atoms with Gasteiger partial charge in [0.1, 0.15) is 0 Å². The topological polar surface area (TPSA) is 0 Å². The SMILES string of the molecule is CC(F)CCCCF. The van der Waals surface area contributed by atoms with Gasteiger partial charge in [-0.05, 0) is 26.2 Å². The average Bonchev–Trinajstić information content (AvgIpc) is 1.66. The molecule has 1 unspecified atom stereocenters. The Bertz CT molecular complexity index is 43.8. The van der Waals surface area contributed by atoms with Crippen LogP contribution >= 0.6 is 0 Å². The van der Waals surface area contributed by atoms with Crippen LogP contribution in [0.2, 0.25) is 0 Å². The van der Waals surface area contributed by atoms with Gasteiger partial charge in [0.25, 0.3) is 0 Å². The highest BCUT2D eigenvalue weighted by atomic mass is 19.1. The van der Waals surface area contributed by atoms with Crippen LogP contribution in [0, 0.1) is 0 Å². The fourth-order valence-corrected chi connectivity index (χ4v) is 0.520. The van der Waals surface area contributed by atoms with E-state index < -0.39 is 6.17 Å². The maximum absolute atomic E-state index is 11.9.